The Bertz CT molecular complexity index is 1240. The van der Waals surface area contributed by atoms with Gasteiger partial charge in [-0.2, -0.15) is 5.26 Å². The summed E-state index contributed by atoms with van der Waals surface area (Å²) >= 11 is 0. The van der Waals surface area contributed by atoms with Crippen molar-refractivity contribution < 1.29 is 4.42 Å². The summed E-state index contributed by atoms with van der Waals surface area (Å²) in [7, 11) is 0. The van der Waals surface area contributed by atoms with Crippen molar-refractivity contribution in [2.45, 2.75) is 33.9 Å². The lowest BCUT2D eigenvalue weighted by Gasteiger charge is -2.12. The Morgan fingerprint density at radius 2 is 1.92 bits per heavy atom. The van der Waals surface area contributed by atoms with Gasteiger partial charge in [0.2, 0.25) is 0 Å². The molecular formula is C19H17N3O4. The SMILES string of the molecule is CCn1cc(C#N)c(=O)n(Cc2cc(=O)oc3c(C)c(C)ccc23)c1=O. The van der Waals surface area contributed by atoms with Crippen LogP contribution >= 0.6 is 0 Å². The van der Waals surface area contributed by atoms with Crippen molar-refractivity contribution in [3.8, 4) is 6.07 Å². The topological polar surface area (TPSA) is 98.0 Å². The molecule has 7 nitrogen and oxygen atoms in total. The second kappa shape index (κ2) is 6.48. The highest BCUT2D eigenvalue weighted by Gasteiger charge is 2.15. The van der Waals surface area contributed by atoms with Crippen LogP contribution < -0.4 is 16.9 Å². The van der Waals surface area contributed by atoms with Crippen LogP contribution in [0.2, 0.25) is 0 Å². The number of aromatic nitrogens is 2. The Labute approximate surface area is 148 Å². The summed E-state index contributed by atoms with van der Waals surface area (Å²) in [6, 6.07) is 6.78. The molecule has 0 saturated carbocycles. The molecule has 0 aliphatic heterocycles. The molecule has 0 amide bonds. The second-order valence-electron chi connectivity index (χ2n) is 6.09. The lowest BCUT2D eigenvalue weighted by molar-refractivity contribution is 0.551. The van der Waals surface area contributed by atoms with Gasteiger partial charge in [0.15, 0.2) is 0 Å². The molecule has 0 spiro atoms. The molecule has 0 aliphatic rings. The van der Waals surface area contributed by atoms with E-state index in [0.717, 1.165) is 15.7 Å². The first kappa shape index (κ1) is 17.4. The van der Waals surface area contributed by atoms with E-state index in [-0.39, 0.29) is 12.1 Å². The quantitative estimate of drug-likeness (QED) is 0.669. The van der Waals surface area contributed by atoms with Gasteiger partial charge >= 0.3 is 11.3 Å². The molecule has 2 aromatic heterocycles. The van der Waals surface area contributed by atoms with E-state index in [4.69, 9.17) is 9.68 Å². The molecular weight excluding hydrogens is 334 g/mol. The molecule has 2 heterocycles. The van der Waals surface area contributed by atoms with Crippen LogP contribution in [0.15, 0.2) is 43.2 Å². The van der Waals surface area contributed by atoms with E-state index in [9.17, 15) is 14.4 Å². The zero-order chi connectivity index (χ0) is 19.0. The van der Waals surface area contributed by atoms with Crippen LogP contribution in [-0.2, 0) is 13.1 Å². The molecule has 7 heteroatoms. The van der Waals surface area contributed by atoms with Crippen molar-refractivity contribution in [2.24, 2.45) is 0 Å². The molecule has 3 rings (SSSR count). The molecule has 0 bridgehead atoms. The Morgan fingerprint density at radius 1 is 1.19 bits per heavy atom. The minimum absolute atomic E-state index is 0.113. The fourth-order valence-electron chi connectivity index (χ4n) is 2.92. The smallest absolute Gasteiger partial charge is 0.336 e. The van der Waals surface area contributed by atoms with Gasteiger partial charge in [-0.1, -0.05) is 12.1 Å². The number of fused-ring (bicyclic) bond motifs is 1. The first-order chi connectivity index (χ1) is 12.4. The largest absolute Gasteiger partial charge is 0.422 e. The van der Waals surface area contributed by atoms with Gasteiger partial charge in [0.1, 0.15) is 17.2 Å². The zero-order valence-corrected chi connectivity index (χ0v) is 14.7. The summed E-state index contributed by atoms with van der Waals surface area (Å²) in [5, 5.41) is 9.82. The summed E-state index contributed by atoms with van der Waals surface area (Å²) in [5.41, 5.74) is 0.853. The molecule has 0 aliphatic carbocycles. The van der Waals surface area contributed by atoms with E-state index in [0.29, 0.717) is 23.1 Å². The van der Waals surface area contributed by atoms with E-state index in [1.54, 1.807) is 13.0 Å². The lowest BCUT2D eigenvalue weighted by atomic mass is 10.0. The molecule has 0 radical (unpaired) electrons. The van der Waals surface area contributed by atoms with E-state index >= 15 is 0 Å². The van der Waals surface area contributed by atoms with Crippen LogP contribution in [0, 0.1) is 25.2 Å². The van der Waals surface area contributed by atoms with Gasteiger partial charge in [-0.3, -0.25) is 13.9 Å². The predicted molar refractivity (Wildman–Crippen MR) is 96.4 cm³/mol. The third-order valence-electron chi connectivity index (χ3n) is 4.54. The van der Waals surface area contributed by atoms with Gasteiger partial charge in [0.25, 0.3) is 5.56 Å². The lowest BCUT2D eigenvalue weighted by Crippen LogP contribution is -2.41. The number of hydrogen-bond donors (Lipinski definition) is 0. The molecule has 0 N–H and O–H groups in total. The first-order valence-corrected chi connectivity index (χ1v) is 8.14. The molecule has 0 saturated heterocycles. The van der Waals surface area contributed by atoms with Crippen LogP contribution in [0.3, 0.4) is 0 Å². The van der Waals surface area contributed by atoms with Gasteiger partial charge < -0.3 is 4.42 Å². The number of nitriles is 1. The molecule has 3 aromatic rings. The Hall–Kier alpha value is -3.40. The van der Waals surface area contributed by atoms with Crippen LogP contribution in [0.4, 0.5) is 0 Å². The standard InChI is InChI=1S/C19H17N3O4/c1-4-21-9-14(8-20)18(24)22(19(21)25)10-13-7-16(23)26-17-12(3)11(2)5-6-15(13)17/h5-7,9H,4,10H2,1-3H3. The molecule has 0 fully saturated rings. The molecule has 1 aromatic carbocycles. The predicted octanol–water partition coefficient (Wildman–Crippen LogP) is 1.67. The maximum absolute atomic E-state index is 12.6. The minimum atomic E-state index is -0.674. The number of rotatable bonds is 3. The summed E-state index contributed by atoms with van der Waals surface area (Å²) in [4.78, 5) is 37.0. The molecule has 26 heavy (non-hydrogen) atoms. The van der Waals surface area contributed by atoms with Crippen molar-refractivity contribution in [2.75, 3.05) is 0 Å². The fraction of sp³-hybridized carbons (Fsp3) is 0.263. The normalized spacial score (nSPS) is 10.8. The third kappa shape index (κ3) is 2.75. The zero-order valence-electron chi connectivity index (χ0n) is 14.7. The van der Waals surface area contributed by atoms with Gasteiger partial charge in [-0.05, 0) is 37.5 Å². The number of hydrogen-bond acceptors (Lipinski definition) is 5. The average Bonchev–Trinajstić information content (AvgIpc) is 2.62. The molecule has 132 valence electrons. The van der Waals surface area contributed by atoms with Crippen molar-refractivity contribution in [1.82, 2.24) is 9.13 Å². The Kier molecular flexibility index (Phi) is 4.34. The first-order valence-electron chi connectivity index (χ1n) is 8.14. The summed E-state index contributed by atoms with van der Waals surface area (Å²) in [6.07, 6.45) is 1.26. The Morgan fingerprint density at radius 3 is 2.58 bits per heavy atom. The summed E-state index contributed by atoms with van der Waals surface area (Å²) in [5.74, 6) is 0. The maximum Gasteiger partial charge on any atom is 0.336 e. The van der Waals surface area contributed by atoms with Crippen molar-refractivity contribution >= 4 is 11.0 Å². The van der Waals surface area contributed by atoms with Crippen LogP contribution in [0.25, 0.3) is 11.0 Å². The van der Waals surface area contributed by atoms with Gasteiger partial charge in [-0.25, -0.2) is 9.59 Å². The highest BCUT2D eigenvalue weighted by Crippen LogP contribution is 2.23. The highest BCUT2D eigenvalue weighted by molar-refractivity contribution is 5.83. The van der Waals surface area contributed by atoms with E-state index in [2.05, 4.69) is 0 Å². The van der Waals surface area contributed by atoms with Crippen molar-refractivity contribution in [3.05, 3.63) is 77.9 Å². The van der Waals surface area contributed by atoms with Crippen LogP contribution in [0.5, 0.6) is 0 Å². The van der Waals surface area contributed by atoms with E-state index in [1.165, 1.54) is 16.8 Å². The monoisotopic (exact) mass is 351 g/mol. The third-order valence-corrected chi connectivity index (χ3v) is 4.54. The number of aryl methyl sites for hydroxylation is 3. The molecule has 0 unspecified atom stereocenters. The van der Waals surface area contributed by atoms with Gasteiger partial charge in [0, 0.05) is 24.2 Å². The van der Waals surface area contributed by atoms with Crippen LogP contribution in [0.1, 0.15) is 29.2 Å². The van der Waals surface area contributed by atoms with E-state index in [1.807, 2.05) is 26.0 Å². The summed E-state index contributed by atoms with van der Waals surface area (Å²) in [6.45, 7) is 5.71. The average molecular weight is 351 g/mol. The second-order valence-corrected chi connectivity index (χ2v) is 6.09. The van der Waals surface area contributed by atoms with Gasteiger partial charge in [-0.15, -0.1) is 0 Å². The Balaban J connectivity index is 2.31. The highest BCUT2D eigenvalue weighted by atomic mass is 16.4. The van der Waals surface area contributed by atoms with Crippen molar-refractivity contribution in [3.63, 3.8) is 0 Å². The van der Waals surface area contributed by atoms with Crippen molar-refractivity contribution in [1.29, 1.82) is 5.26 Å². The summed E-state index contributed by atoms with van der Waals surface area (Å²) < 4.78 is 7.60. The maximum atomic E-state index is 12.6. The minimum Gasteiger partial charge on any atom is -0.422 e. The fourth-order valence-corrected chi connectivity index (χ4v) is 2.92. The van der Waals surface area contributed by atoms with E-state index < -0.39 is 16.9 Å². The number of nitrogens with zero attached hydrogens (tertiary/aromatic N) is 3. The number of benzene rings is 1. The van der Waals surface area contributed by atoms with Crippen LogP contribution in [-0.4, -0.2) is 9.13 Å². The van der Waals surface area contributed by atoms with Gasteiger partial charge in [0.05, 0.1) is 6.54 Å². The molecule has 0 atom stereocenters.